The lowest BCUT2D eigenvalue weighted by Crippen LogP contribution is -2.40. The molecule has 0 aliphatic rings. The second-order valence-electron chi connectivity index (χ2n) is 7.49. The fourth-order valence-corrected chi connectivity index (χ4v) is 3.77. The van der Waals surface area contributed by atoms with Gasteiger partial charge in [-0.3, -0.25) is 4.55 Å². The minimum Gasteiger partial charge on any atom is -0.413 e. The first kappa shape index (κ1) is 21.9. The van der Waals surface area contributed by atoms with Gasteiger partial charge in [-0.2, -0.15) is 8.42 Å². The van der Waals surface area contributed by atoms with Crippen molar-refractivity contribution in [1.82, 2.24) is 0 Å². The van der Waals surface area contributed by atoms with Crippen LogP contribution in [-0.4, -0.2) is 27.0 Å². The Balaban J connectivity index is 2.88. The molecule has 0 fully saturated rings. The molecule has 0 spiro atoms. The van der Waals surface area contributed by atoms with Crippen LogP contribution in [0.1, 0.15) is 38.3 Å². The molecule has 0 unspecified atom stereocenters. The van der Waals surface area contributed by atoms with Crippen molar-refractivity contribution in [3.8, 4) is 0 Å². The van der Waals surface area contributed by atoms with Crippen LogP contribution in [-0.2, 0) is 27.6 Å². The molecule has 0 saturated carbocycles. The molecule has 0 saturated heterocycles. The lowest BCUT2D eigenvalue weighted by atomic mass is 10.1. The zero-order valence-corrected chi connectivity index (χ0v) is 18.1. The van der Waals surface area contributed by atoms with Crippen molar-refractivity contribution in [2.45, 2.75) is 58.4 Å². The van der Waals surface area contributed by atoms with Crippen molar-refractivity contribution >= 4 is 41.6 Å². The smallest absolute Gasteiger partial charge is 0.264 e. The topological polar surface area (TPSA) is 63.6 Å². The summed E-state index contributed by atoms with van der Waals surface area (Å²) in [6, 6.07) is 3.62. The van der Waals surface area contributed by atoms with Crippen LogP contribution in [0.3, 0.4) is 0 Å². The monoisotopic (exact) mass is 412 g/mol. The number of rotatable bonds is 7. The Kier molecular flexibility index (Phi) is 7.36. The van der Waals surface area contributed by atoms with Crippen LogP contribution in [0, 0.1) is 0 Å². The summed E-state index contributed by atoms with van der Waals surface area (Å²) in [4.78, 5) is 0. The SMILES string of the molecule is CC(C)(C)[Si](C)(C)OCc1cc(CCCS(=O)(=O)O)cc(Cl)c1Cl. The maximum atomic E-state index is 10.8. The van der Waals surface area contributed by atoms with E-state index in [1.54, 1.807) is 6.07 Å². The van der Waals surface area contributed by atoms with Gasteiger partial charge >= 0.3 is 0 Å². The van der Waals surface area contributed by atoms with Gasteiger partial charge in [-0.1, -0.05) is 50.0 Å². The molecule has 0 heterocycles. The first-order chi connectivity index (χ1) is 10.7. The van der Waals surface area contributed by atoms with Crippen molar-refractivity contribution < 1.29 is 17.4 Å². The molecule has 1 aromatic rings. The van der Waals surface area contributed by atoms with Gasteiger partial charge in [-0.25, -0.2) is 0 Å². The van der Waals surface area contributed by atoms with Crippen molar-refractivity contribution in [2.24, 2.45) is 0 Å². The van der Waals surface area contributed by atoms with Crippen LogP contribution in [0.15, 0.2) is 12.1 Å². The van der Waals surface area contributed by atoms with Gasteiger partial charge in [0.15, 0.2) is 8.32 Å². The molecule has 24 heavy (non-hydrogen) atoms. The maximum absolute atomic E-state index is 10.8. The van der Waals surface area contributed by atoms with E-state index in [0.29, 0.717) is 29.5 Å². The van der Waals surface area contributed by atoms with E-state index in [1.807, 2.05) is 6.07 Å². The quantitative estimate of drug-likeness (QED) is 0.484. The average Bonchev–Trinajstić information content (AvgIpc) is 2.38. The minimum atomic E-state index is -3.95. The molecule has 8 heteroatoms. The molecule has 1 aromatic carbocycles. The molecule has 0 aliphatic heterocycles. The van der Waals surface area contributed by atoms with E-state index in [-0.39, 0.29) is 10.8 Å². The summed E-state index contributed by atoms with van der Waals surface area (Å²) in [6.45, 7) is 11.2. The Hall–Kier alpha value is -0.113. The Morgan fingerprint density at radius 1 is 1.21 bits per heavy atom. The second kappa shape index (κ2) is 8.06. The van der Waals surface area contributed by atoms with Crippen LogP contribution in [0.2, 0.25) is 28.2 Å². The van der Waals surface area contributed by atoms with Gasteiger partial charge in [0.1, 0.15) is 0 Å². The van der Waals surface area contributed by atoms with Gasteiger partial charge in [0, 0.05) is 0 Å². The van der Waals surface area contributed by atoms with E-state index in [1.165, 1.54) is 0 Å². The van der Waals surface area contributed by atoms with Crippen LogP contribution < -0.4 is 0 Å². The van der Waals surface area contributed by atoms with Gasteiger partial charge in [-0.15, -0.1) is 0 Å². The van der Waals surface area contributed by atoms with Crippen LogP contribution in [0.5, 0.6) is 0 Å². The Bertz CT molecular complexity index is 682. The Morgan fingerprint density at radius 3 is 2.29 bits per heavy atom. The fraction of sp³-hybridized carbons (Fsp3) is 0.625. The molecule has 0 bridgehead atoms. The van der Waals surface area contributed by atoms with Crippen LogP contribution >= 0.6 is 23.2 Å². The highest BCUT2D eigenvalue weighted by molar-refractivity contribution is 7.85. The van der Waals surface area contributed by atoms with Crippen molar-refractivity contribution in [1.29, 1.82) is 0 Å². The summed E-state index contributed by atoms with van der Waals surface area (Å²) in [7, 11) is -5.86. The number of halogens is 2. The predicted molar refractivity (Wildman–Crippen MR) is 103 cm³/mol. The molecular weight excluding hydrogens is 387 g/mol. The second-order valence-corrected chi connectivity index (χ2v) is 14.7. The van der Waals surface area contributed by atoms with Gasteiger partial charge in [0.25, 0.3) is 10.1 Å². The van der Waals surface area contributed by atoms with Gasteiger partial charge < -0.3 is 4.43 Å². The summed E-state index contributed by atoms with van der Waals surface area (Å²) < 4.78 is 36.6. The van der Waals surface area contributed by atoms with E-state index in [9.17, 15) is 8.42 Å². The van der Waals surface area contributed by atoms with E-state index in [2.05, 4.69) is 33.9 Å². The summed E-state index contributed by atoms with van der Waals surface area (Å²) >= 11 is 12.5. The lowest BCUT2D eigenvalue weighted by molar-refractivity contribution is 0.276. The largest absolute Gasteiger partial charge is 0.413 e. The average molecular weight is 413 g/mol. The van der Waals surface area contributed by atoms with Gasteiger partial charge in [0.05, 0.1) is 22.4 Å². The third kappa shape index (κ3) is 6.65. The molecule has 0 aliphatic carbocycles. The number of benzene rings is 1. The molecule has 138 valence electrons. The van der Waals surface area contributed by atoms with Crippen molar-refractivity contribution in [3.05, 3.63) is 33.3 Å². The third-order valence-electron chi connectivity index (χ3n) is 4.43. The standard InChI is InChI=1S/C16H26Cl2O4SSi/c1-16(2,3)24(4,5)22-11-13-9-12(10-14(17)15(13)18)7-6-8-23(19,20)21/h9-10H,6-8,11H2,1-5H3,(H,19,20,21). The third-order valence-corrected chi connectivity index (χ3v) is 10.5. The molecule has 0 aromatic heterocycles. The Labute approximate surface area is 156 Å². The summed E-state index contributed by atoms with van der Waals surface area (Å²) in [6.07, 6.45) is 0.809. The van der Waals surface area contributed by atoms with Crippen molar-refractivity contribution in [3.63, 3.8) is 0 Å². The molecule has 0 atom stereocenters. The number of hydrogen-bond acceptors (Lipinski definition) is 3. The zero-order chi connectivity index (χ0) is 18.8. The molecule has 0 amide bonds. The van der Waals surface area contributed by atoms with Gasteiger partial charge in [0.2, 0.25) is 0 Å². The first-order valence-corrected chi connectivity index (χ1v) is 13.1. The number of hydrogen-bond donors (Lipinski definition) is 1. The normalized spacial score (nSPS) is 13.3. The molecule has 1 N–H and O–H groups in total. The van der Waals surface area contributed by atoms with E-state index in [0.717, 1.165) is 11.1 Å². The first-order valence-electron chi connectivity index (χ1n) is 7.79. The van der Waals surface area contributed by atoms with Crippen molar-refractivity contribution in [2.75, 3.05) is 5.75 Å². The highest BCUT2D eigenvalue weighted by atomic mass is 35.5. The summed E-state index contributed by atoms with van der Waals surface area (Å²) in [5.41, 5.74) is 1.68. The lowest BCUT2D eigenvalue weighted by Gasteiger charge is -2.36. The van der Waals surface area contributed by atoms with Crippen LogP contribution in [0.4, 0.5) is 0 Å². The molecule has 1 rings (SSSR count). The van der Waals surface area contributed by atoms with E-state index in [4.69, 9.17) is 32.2 Å². The highest BCUT2D eigenvalue weighted by Crippen LogP contribution is 2.38. The minimum absolute atomic E-state index is 0.0936. The van der Waals surface area contributed by atoms with Gasteiger partial charge in [-0.05, 0) is 48.2 Å². The molecule has 0 radical (unpaired) electrons. The fourth-order valence-electron chi connectivity index (χ4n) is 1.89. The van der Waals surface area contributed by atoms with Crippen LogP contribution in [0.25, 0.3) is 0 Å². The van der Waals surface area contributed by atoms with E-state index < -0.39 is 18.4 Å². The Morgan fingerprint density at radius 2 is 1.79 bits per heavy atom. The zero-order valence-electron chi connectivity index (χ0n) is 14.8. The maximum Gasteiger partial charge on any atom is 0.264 e. The summed E-state index contributed by atoms with van der Waals surface area (Å²) in [5.74, 6) is -0.275. The predicted octanol–water partition coefficient (Wildman–Crippen LogP) is 5.34. The highest BCUT2D eigenvalue weighted by Gasteiger charge is 2.37. The molecule has 4 nitrogen and oxygen atoms in total. The number of aryl methyl sites for hydroxylation is 1. The summed E-state index contributed by atoms with van der Waals surface area (Å²) in [5, 5.41) is 0.986. The molecular formula is C16H26Cl2O4SSi. The van der Waals surface area contributed by atoms with E-state index >= 15 is 0 Å².